The molecule has 0 aliphatic heterocycles. The Hall–Kier alpha value is -0.790. The smallest absolute Gasteiger partial charge is 0.330 e. The molecule has 0 rings (SSSR count). The van der Waals surface area contributed by atoms with Crippen molar-refractivity contribution >= 4 is 5.97 Å². The van der Waals surface area contributed by atoms with Crippen molar-refractivity contribution in [2.75, 3.05) is 0 Å². The van der Waals surface area contributed by atoms with Crippen LogP contribution in [0.15, 0.2) is 11.6 Å². The second-order valence-corrected chi connectivity index (χ2v) is 6.11. The fourth-order valence-electron chi connectivity index (χ4n) is 2.31. The summed E-state index contributed by atoms with van der Waals surface area (Å²) in [6, 6.07) is 0. The maximum atomic E-state index is 10.6. The van der Waals surface area contributed by atoms with Gasteiger partial charge in [0.25, 0.3) is 0 Å². The van der Waals surface area contributed by atoms with Crippen LogP contribution in [0.1, 0.15) is 91.4 Å². The van der Waals surface area contributed by atoms with Gasteiger partial charge in [-0.15, -0.1) is 0 Å². The summed E-state index contributed by atoms with van der Waals surface area (Å²) in [6.07, 6.45) is 16.0. The molecule has 1 unspecified atom stereocenters. The predicted octanol–water partition coefficient (Wildman–Crippen LogP) is 5.96. The summed E-state index contributed by atoms with van der Waals surface area (Å²) in [4.78, 5) is 10.6. The van der Waals surface area contributed by atoms with E-state index >= 15 is 0 Å². The van der Waals surface area contributed by atoms with Crippen LogP contribution in [0.25, 0.3) is 0 Å². The molecule has 0 fully saturated rings. The Balaban J connectivity index is 3.21. The number of carboxylic acid groups (broad SMARTS) is 1. The number of aliphatic carboxylic acids is 1. The number of rotatable bonds is 13. The summed E-state index contributed by atoms with van der Waals surface area (Å²) in [7, 11) is 0. The molecule has 1 N–H and O–H groups in total. The van der Waals surface area contributed by atoms with Gasteiger partial charge in [0, 0.05) is 5.57 Å². The minimum atomic E-state index is -0.789. The third kappa shape index (κ3) is 12.3. The largest absolute Gasteiger partial charge is 0.478 e. The standard InChI is InChI=1S/C18H34O2/c1-4-16(2)14-12-10-8-6-5-7-9-11-13-15-17(3)18(19)20/h15-16H,4-14H2,1-3H3,(H,19,20). The molecule has 118 valence electrons. The van der Waals surface area contributed by atoms with E-state index in [4.69, 9.17) is 5.11 Å². The Bertz CT molecular complexity index is 269. The van der Waals surface area contributed by atoms with Crippen LogP contribution in [0.3, 0.4) is 0 Å². The molecule has 20 heavy (non-hydrogen) atoms. The summed E-state index contributed by atoms with van der Waals surface area (Å²) in [5, 5.41) is 8.71. The van der Waals surface area contributed by atoms with Gasteiger partial charge in [0.1, 0.15) is 0 Å². The summed E-state index contributed by atoms with van der Waals surface area (Å²) in [5.41, 5.74) is 0.478. The second-order valence-electron chi connectivity index (χ2n) is 6.11. The first-order valence-corrected chi connectivity index (χ1v) is 8.48. The highest BCUT2D eigenvalue weighted by atomic mass is 16.4. The lowest BCUT2D eigenvalue weighted by Crippen LogP contribution is -1.95. The number of allylic oxidation sites excluding steroid dienone is 1. The lowest BCUT2D eigenvalue weighted by molar-refractivity contribution is -0.132. The van der Waals surface area contributed by atoms with Gasteiger partial charge in [0.05, 0.1) is 0 Å². The Kier molecular flexibility index (Phi) is 12.7. The van der Waals surface area contributed by atoms with Crippen molar-refractivity contribution in [1.82, 2.24) is 0 Å². The molecule has 0 spiro atoms. The van der Waals surface area contributed by atoms with Gasteiger partial charge in [-0.05, 0) is 25.7 Å². The maximum absolute atomic E-state index is 10.6. The topological polar surface area (TPSA) is 37.3 Å². The van der Waals surface area contributed by atoms with E-state index in [1.165, 1.54) is 57.8 Å². The van der Waals surface area contributed by atoms with Crippen molar-refractivity contribution in [1.29, 1.82) is 0 Å². The zero-order valence-corrected chi connectivity index (χ0v) is 13.8. The summed E-state index contributed by atoms with van der Waals surface area (Å²) in [5.74, 6) is 0.111. The summed E-state index contributed by atoms with van der Waals surface area (Å²) < 4.78 is 0. The van der Waals surface area contributed by atoms with E-state index in [2.05, 4.69) is 13.8 Å². The highest BCUT2D eigenvalue weighted by Crippen LogP contribution is 2.15. The Morgan fingerprint density at radius 1 is 1.00 bits per heavy atom. The maximum Gasteiger partial charge on any atom is 0.330 e. The molecule has 0 aromatic heterocycles. The van der Waals surface area contributed by atoms with E-state index in [1.54, 1.807) is 6.92 Å². The quantitative estimate of drug-likeness (QED) is 0.334. The second kappa shape index (κ2) is 13.2. The zero-order chi connectivity index (χ0) is 15.2. The van der Waals surface area contributed by atoms with Gasteiger partial charge in [-0.25, -0.2) is 4.79 Å². The first kappa shape index (κ1) is 19.2. The molecule has 0 aliphatic carbocycles. The van der Waals surface area contributed by atoms with Gasteiger partial charge >= 0.3 is 5.97 Å². The van der Waals surface area contributed by atoms with Crippen molar-refractivity contribution in [3.05, 3.63) is 11.6 Å². The Morgan fingerprint density at radius 3 is 2.00 bits per heavy atom. The van der Waals surface area contributed by atoms with Crippen molar-refractivity contribution < 1.29 is 9.90 Å². The molecule has 0 aromatic rings. The average Bonchev–Trinajstić information content (AvgIpc) is 2.43. The third-order valence-electron chi connectivity index (χ3n) is 4.14. The highest BCUT2D eigenvalue weighted by Gasteiger charge is 1.99. The first-order valence-electron chi connectivity index (χ1n) is 8.48. The fourth-order valence-corrected chi connectivity index (χ4v) is 2.31. The molecule has 0 aromatic carbocycles. The predicted molar refractivity (Wildman–Crippen MR) is 87.0 cm³/mol. The number of carbonyl (C=O) groups is 1. The van der Waals surface area contributed by atoms with Gasteiger partial charge < -0.3 is 5.11 Å². The molecule has 0 saturated carbocycles. The monoisotopic (exact) mass is 282 g/mol. The van der Waals surface area contributed by atoms with Gasteiger partial charge in [-0.1, -0.05) is 77.7 Å². The first-order chi connectivity index (χ1) is 9.57. The van der Waals surface area contributed by atoms with Crippen LogP contribution in [0.2, 0.25) is 0 Å². The minimum Gasteiger partial charge on any atom is -0.478 e. The zero-order valence-electron chi connectivity index (χ0n) is 13.8. The lowest BCUT2D eigenvalue weighted by atomic mass is 9.99. The van der Waals surface area contributed by atoms with Gasteiger partial charge in [0.2, 0.25) is 0 Å². The molecular weight excluding hydrogens is 248 g/mol. The van der Waals surface area contributed by atoms with E-state index < -0.39 is 5.97 Å². The van der Waals surface area contributed by atoms with E-state index in [0.717, 1.165) is 18.8 Å². The molecule has 2 heteroatoms. The molecule has 0 amide bonds. The Labute approximate surface area is 125 Å². The molecule has 0 saturated heterocycles. The van der Waals surface area contributed by atoms with Gasteiger partial charge in [0.15, 0.2) is 0 Å². The molecule has 0 aliphatic rings. The number of hydrogen-bond acceptors (Lipinski definition) is 1. The normalized spacial score (nSPS) is 13.4. The van der Waals surface area contributed by atoms with Crippen LogP contribution in [-0.4, -0.2) is 11.1 Å². The van der Waals surface area contributed by atoms with Crippen LogP contribution >= 0.6 is 0 Å². The van der Waals surface area contributed by atoms with Crippen LogP contribution in [0.4, 0.5) is 0 Å². The average molecular weight is 282 g/mol. The summed E-state index contributed by atoms with van der Waals surface area (Å²) >= 11 is 0. The van der Waals surface area contributed by atoms with Crippen molar-refractivity contribution in [3.8, 4) is 0 Å². The Morgan fingerprint density at radius 2 is 1.50 bits per heavy atom. The molecular formula is C18H34O2. The van der Waals surface area contributed by atoms with Crippen LogP contribution in [0, 0.1) is 5.92 Å². The minimum absolute atomic E-state index is 0.478. The molecule has 0 bridgehead atoms. The molecule has 0 radical (unpaired) electrons. The van der Waals surface area contributed by atoms with E-state index in [-0.39, 0.29) is 0 Å². The van der Waals surface area contributed by atoms with E-state index in [1.807, 2.05) is 6.08 Å². The van der Waals surface area contributed by atoms with Crippen LogP contribution in [0.5, 0.6) is 0 Å². The third-order valence-corrected chi connectivity index (χ3v) is 4.14. The number of unbranched alkanes of at least 4 members (excludes halogenated alkanes) is 8. The molecule has 1 atom stereocenters. The van der Waals surface area contributed by atoms with Crippen molar-refractivity contribution in [2.45, 2.75) is 91.4 Å². The molecule has 0 heterocycles. The number of hydrogen-bond donors (Lipinski definition) is 1. The van der Waals surface area contributed by atoms with Gasteiger partial charge in [-0.2, -0.15) is 0 Å². The van der Waals surface area contributed by atoms with Crippen LogP contribution < -0.4 is 0 Å². The SMILES string of the molecule is CCC(C)CCCCCCCCCCC=C(C)C(=O)O. The van der Waals surface area contributed by atoms with E-state index in [0.29, 0.717) is 5.57 Å². The van der Waals surface area contributed by atoms with Crippen molar-refractivity contribution in [3.63, 3.8) is 0 Å². The van der Waals surface area contributed by atoms with Crippen LogP contribution in [-0.2, 0) is 4.79 Å². The summed E-state index contributed by atoms with van der Waals surface area (Å²) in [6.45, 7) is 6.29. The fraction of sp³-hybridized carbons (Fsp3) is 0.833. The van der Waals surface area contributed by atoms with Gasteiger partial charge in [-0.3, -0.25) is 0 Å². The number of carboxylic acids is 1. The highest BCUT2D eigenvalue weighted by molar-refractivity contribution is 5.85. The van der Waals surface area contributed by atoms with E-state index in [9.17, 15) is 4.79 Å². The lowest BCUT2D eigenvalue weighted by Gasteiger charge is -2.07. The molecule has 2 nitrogen and oxygen atoms in total. The van der Waals surface area contributed by atoms with Crippen molar-refractivity contribution in [2.24, 2.45) is 5.92 Å².